The van der Waals surface area contributed by atoms with Crippen LogP contribution in [0.4, 0.5) is 10.9 Å². The van der Waals surface area contributed by atoms with E-state index in [1.165, 1.54) is 4.88 Å². The molecule has 0 unspecified atom stereocenters. The van der Waals surface area contributed by atoms with Gasteiger partial charge in [-0.1, -0.05) is 25.4 Å². The Morgan fingerprint density at radius 2 is 2.17 bits per heavy atom. The Hall–Kier alpha value is -2.12. The summed E-state index contributed by atoms with van der Waals surface area (Å²) in [6.07, 6.45) is 4.38. The van der Waals surface area contributed by atoms with Gasteiger partial charge in [-0.25, -0.2) is 4.98 Å². The van der Waals surface area contributed by atoms with Crippen molar-refractivity contribution in [3.63, 3.8) is 0 Å². The second-order valence-electron chi connectivity index (χ2n) is 5.10. The average Bonchev–Trinajstić information content (AvgIpc) is 3.19. The summed E-state index contributed by atoms with van der Waals surface area (Å²) in [6, 6.07) is 3.80. The molecule has 126 valence electrons. The van der Waals surface area contributed by atoms with Gasteiger partial charge in [0.2, 0.25) is 0 Å². The lowest BCUT2D eigenvalue weighted by atomic mass is 10.2. The van der Waals surface area contributed by atoms with Crippen molar-refractivity contribution in [2.24, 2.45) is 0 Å². The summed E-state index contributed by atoms with van der Waals surface area (Å²) in [5, 5.41) is 8.49. The van der Waals surface area contributed by atoms with Gasteiger partial charge < -0.3 is 10.6 Å². The number of anilines is 2. The molecule has 0 saturated carbocycles. The molecular weight excluding hydrogens is 344 g/mol. The number of nitrogens with zero attached hydrogens (tertiary/aromatic N) is 4. The molecule has 3 aromatic heterocycles. The molecule has 0 saturated heterocycles. The van der Waals surface area contributed by atoms with E-state index in [0.29, 0.717) is 16.7 Å². The van der Waals surface area contributed by atoms with Crippen LogP contribution in [-0.4, -0.2) is 26.7 Å². The van der Waals surface area contributed by atoms with Crippen LogP contribution in [-0.2, 0) is 13.0 Å². The van der Waals surface area contributed by atoms with Gasteiger partial charge in [-0.15, -0.1) is 11.3 Å². The summed E-state index contributed by atoms with van der Waals surface area (Å²) in [6.45, 7) is 5.55. The Morgan fingerprint density at radius 1 is 1.33 bits per heavy atom. The van der Waals surface area contributed by atoms with E-state index in [1.807, 2.05) is 26.0 Å². The van der Waals surface area contributed by atoms with Gasteiger partial charge in [0.1, 0.15) is 5.82 Å². The van der Waals surface area contributed by atoms with Crippen LogP contribution in [0, 0.1) is 0 Å². The van der Waals surface area contributed by atoms with Crippen molar-refractivity contribution in [1.82, 2.24) is 20.2 Å². The second kappa shape index (κ2) is 7.19. The lowest BCUT2D eigenvalue weighted by Gasteiger charge is -2.21. The van der Waals surface area contributed by atoms with Crippen LogP contribution in [0.3, 0.4) is 0 Å². The molecule has 1 aliphatic rings. The number of H-pyrrole nitrogens is 1. The highest BCUT2D eigenvalue weighted by Gasteiger charge is 2.25. The van der Waals surface area contributed by atoms with E-state index in [0.717, 1.165) is 35.7 Å². The number of halogens is 1. The summed E-state index contributed by atoms with van der Waals surface area (Å²) in [7, 11) is 0. The second-order valence-corrected chi connectivity index (χ2v) is 6.65. The fourth-order valence-electron chi connectivity index (χ4n) is 2.65. The van der Waals surface area contributed by atoms with Crippen LogP contribution in [0.25, 0.3) is 11.3 Å². The fraction of sp³-hybridized carbons (Fsp3) is 0.312. The van der Waals surface area contributed by atoms with Crippen molar-refractivity contribution in [2.75, 3.05) is 17.2 Å². The van der Waals surface area contributed by atoms with Gasteiger partial charge in [-0.2, -0.15) is 5.10 Å². The molecule has 3 N–H and O–H groups in total. The lowest BCUT2D eigenvalue weighted by molar-refractivity contribution is 0.761. The zero-order valence-corrected chi connectivity index (χ0v) is 15.2. The number of hydrogen-bond donors (Lipinski definition) is 2. The molecule has 0 aliphatic carbocycles. The quantitative estimate of drug-likeness (QED) is 0.725. The maximum absolute atomic E-state index is 5.89. The Balaban J connectivity index is 0.000000815. The Bertz CT molecular complexity index is 810. The lowest BCUT2D eigenvalue weighted by Crippen LogP contribution is -2.25. The monoisotopic (exact) mass is 362 g/mol. The summed E-state index contributed by atoms with van der Waals surface area (Å²) in [4.78, 5) is 12.3. The van der Waals surface area contributed by atoms with E-state index in [1.54, 1.807) is 23.7 Å². The number of pyridine rings is 1. The summed E-state index contributed by atoms with van der Waals surface area (Å²) in [5.41, 5.74) is 8.75. The van der Waals surface area contributed by atoms with E-state index in [-0.39, 0.29) is 0 Å². The highest BCUT2D eigenvalue weighted by Crippen LogP contribution is 2.38. The normalized spacial score (nSPS) is 12.7. The first-order valence-corrected chi connectivity index (χ1v) is 9.04. The summed E-state index contributed by atoms with van der Waals surface area (Å²) >= 11 is 7.44. The van der Waals surface area contributed by atoms with E-state index in [4.69, 9.17) is 17.3 Å². The number of fused-ring (bicyclic) bond motifs is 3. The molecule has 4 heterocycles. The SMILES string of the molecule is CC.Nc1nc2c(s1)CCN(Cc1ccc(Cl)cn1)c1[nH]ncc1-2. The standard InChI is InChI=1S/C14H13ClN6S.C2H6/c15-8-1-2-9(17-5-8)7-21-4-3-11-12(19-14(16)22-11)10-6-18-20-13(10)21;1-2/h1-2,5-6H,3-4,7H2,(H2,16,19)(H,18,20);1-2H3. The first kappa shape index (κ1) is 16.7. The molecule has 24 heavy (non-hydrogen) atoms. The number of nitrogen functional groups attached to an aromatic ring is 1. The molecule has 0 fully saturated rings. The predicted octanol–water partition coefficient (Wildman–Crippen LogP) is 3.75. The van der Waals surface area contributed by atoms with Crippen LogP contribution in [0.15, 0.2) is 24.5 Å². The molecule has 4 rings (SSSR count). The van der Waals surface area contributed by atoms with Crippen molar-refractivity contribution >= 4 is 33.9 Å². The highest BCUT2D eigenvalue weighted by molar-refractivity contribution is 7.15. The average molecular weight is 363 g/mol. The van der Waals surface area contributed by atoms with Gasteiger partial charge in [-0.05, 0) is 12.1 Å². The van der Waals surface area contributed by atoms with Crippen molar-refractivity contribution in [1.29, 1.82) is 0 Å². The van der Waals surface area contributed by atoms with Crippen molar-refractivity contribution in [3.8, 4) is 11.3 Å². The van der Waals surface area contributed by atoms with E-state index < -0.39 is 0 Å². The number of hydrogen-bond acceptors (Lipinski definition) is 6. The van der Waals surface area contributed by atoms with Gasteiger partial charge in [0, 0.05) is 24.0 Å². The minimum atomic E-state index is 0.602. The van der Waals surface area contributed by atoms with Gasteiger partial charge in [0.15, 0.2) is 5.13 Å². The minimum Gasteiger partial charge on any atom is -0.375 e. The molecule has 0 amide bonds. The van der Waals surface area contributed by atoms with Gasteiger partial charge in [0.05, 0.1) is 34.7 Å². The largest absolute Gasteiger partial charge is 0.375 e. The third kappa shape index (κ3) is 3.22. The van der Waals surface area contributed by atoms with Crippen LogP contribution >= 0.6 is 22.9 Å². The molecule has 0 bridgehead atoms. The Kier molecular flexibility index (Phi) is 5.01. The van der Waals surface area contributed by atoms with E-state index in [9.17, 15) is 0 Å². The number of nitrogens with two attached hydrogens (primary N) is 1. The first-order valence-electron chi connectivity index (χ1n) is 7.85. The number of nitrogens with one attached hydrogen (secondary N) is 1. The van der Waals surface area contributed by atoms with Gasteiger partial charge >= 0.3 is 0 Å². The Morgan fingerprint density at radius 3 is 2.92 bits per heavy atom. The molecular formula is C16H19ClN6S. The molecule has 0 aromatic carbocycles. The highest BCUT2D eigenvalue weighted by atomic mass is 35.5. The van der Waals surface area contributed by atoms with Crippen LogP contribution in [0.1, 0.15) is 24.4 Å². The minimum absolute atomic E-state index is 0.602. The summed E-state index contributed by atoms with van der Waals surface area (Å²) in [5.74, 6) is 0.959. The maximum atomic E-state index is 5.89. The zero-order valence-electron chi connectivity index (χ0n) is 13.6. The zero-order chi connectivity index (χ0) is 17.1. The van der Waals surface area contributed by atoms with Gasteiger partial charge in [0.25, 0.3) is 0 Å². The van der Waals surface area contributed by atoms with Crippen LogP contribution in [0.5, 0.6) is 0 Å². The van der Waals surface area contributed by atoms with Crippen molar-refractivity contribution in [2.45, 2.75) is 26.8 Å². The first-order chi connectivity index (χ1) is 11.7. The van der Waals surface area contributed by atoms with E-state index >= 15 is 0 Å². The predicted molar refractivity (Wildman–Crippen MR) is 99.5 cm³/mol. The fourth-order valence-corrected chi connectivity index (χ4v) is 3.59. The molecule has 0 spiro atoms. The summed E-state index contributed by atoms with van der Waals surface area (Å²) < 4.78 is 0. The van der Waals surface area contributed by atoms with Gasteiger partial charge in [-0.3, -0.25) is 10.1 Å². The molecule has 6 nitrogen and oxygen atoms in total. The maximum Gasteiger partial charge on any atom is 0.180 e. The third-order valence-corrected chi connectivity index (χ3v) is 4.82. The van der Waals surface area contributed by atoms with Crippen molar-refractivity contribution < 1.29 is 0 Å². The molecule has 1 aliphatic heterocycles. The van der Waals surface area contributed by atoms with E-state index in [2.05, 4.69) is 25.1 Å². The Labute approximate surface area is 149 Å². The third-order valence-electron chi connectivity index (χ3n) is 3.65. The molecule has 3 aromatic rings. The topological polar surface area (TPSA) is 83.7 Å². The van der Waals surface area contributed by atoms with Crippen LogP contribution < -0.4 is 10.6 Å². The van der Waals surface area contributed by atoms with Crippen molar-refractivity contribution in [3.05, 3.63) is 40.1 Å². The molecule has 0 atom stereocenters. The number of thiazole rings is 1. The number of rotatable bonds is 2. The molecule has 8 heteroatoms. The smallest absolute Gasteiger partial charge is 0.180 e. The number of aromatic nitrogens is 4. The molecule has 0 radical (unpaired) electrons. The van der Waals surface area contributed by atoms with Crippen LogP contribution in [0.2, 0.25) is 5.02 Å². The number of aromatic amines is 1.